The molecule has 90 valence electrons. The van der Waals surface area contributed by atoms with Crippen LogP contribution in [0.4, 0.5) is 10.1 Å². The van der Waals surface area contributed by atoms with E-state index in [9.17, 15) is 12.8 Å². The molecule has 0 amide bonds. The lowest BCUT2D eigenvalue weighted by Crippen LogP contribution is -2.35. The van der Waals surface area contributed by atoms with Crippen LogP contribution in [0.5, 0.6) is 0 Å². The molecule has 0 aliphatic rings. The highest BCUT2D eigenvalue weighted by Gasteiger charge is 2.13. The highest BCUT2D eigenvalue weighted by Crippen LogP contribution is 2.23. The molecule has 0 unspecified atom stereocenters. The third-order valence-corrected chi connectivity index (χ3v) is 3.53. The maximum Gasteiger partial charge on any atom is 0.299 e. The number of hydrogen-bond acceptors (Lipinski definition) is 2. The lowest BCUT2D eigenvalue weighted by atomic mass is 10.3. The van der Waals surface area contributed by atoms with Crippen LogP contribution in [0.25, 0.3) is 0 Å². The van der Waals surface area contributed by atoms with Crippen molar-refractivity contribution in [3.63, 3.8) is 0 Å². The highest BCUT2D eigenvalue weighted by atomic mass is 79.9. The zero-order chi connectivity index (χ0) is 12.3. The second-order valence-electron chi connectivity index (χ2n) is 3.50. The van der Waals surface area contributed by atoms with E-state index in [0.717, 1.165) is 6.07 Å². The lowest BCUT2D eigenvalue weighted by Gasteiger charge is -2.12. The highest BCUT2D eigenvalue weighted by molar-refractivity contribution is 9.10. The summed E-state index contributed by atoms with van der Waals surface area (Å²) in [5, 5.41) is 0. The van der Waals surface area contributed by atoms with Gasteiger partial charge in [0.1, 0.15) is 5.82 Å². The summed E-state index contributed by atoms with van der Waals surface area (Å²) in [7, 11) is -3.67. The molecule has 0 atom stereocenters. The van der Waals surface area contributed by atoms with Crippen LogP contribution in [0.2, 0.25) is 0 Å². The van der Waals surface area contributed by atoms with Crippen LogP contribution < -0.4 is 9.44 Å². The molecule has 1 rings (SSSR count). The molecule has 0 aliphatic heterocycles. The monoisotopic (exact) mass is 310 g/mol. The van der Waals surface area contributed by atoms with Crippen molar-refractivity contribution in [1.29, 1.82) is 0 Å². The van der Waals surface area contributed by atoms with E-state index >= 15 is 0 Å². The Morgan fingerprint density at radius 2 is 2.00 bits per heavy atom. The number of rotatable bonds is 4. The molecule has 0 spiro atoms. The summed E-state index contributed by atoms with van der Waals surface area (Å²) in [5.41, 5.74) is 0.160. The molecule has 16 heavy (non-hydrogen) atoms. The molecule has 1 aromatic carbocycles. The Hall–Kier alpha value is -0.660. The molecule has 7 heteroatoms. The second-order valence-corrected chi connectivity index (χ2v) is 5.80. The Kier molecular flexibility index (Phi) is 4.28. The smallest absolute Gasteiger partial charge is 0.270 e. The van der Waals surface area contributed by atoms with Gasteiger partial charge in [-0.1, -0.05) is 0 Å². The number of nitrogens with one attached hydrogen (secondary N) is 2. The minimum atomic E-state index is -3.67. The number of benzene rings is 1. The Morgan fingerprint density at radius 3 is 2.56 bits per heavy atom. The fourth-order valence-corrected chi connectivity index (χ4v) is 2.68. The van der Waals surface area contributed by atoms with Crippen molar-refractivity contribution in [2.45, 2.75) is 19.9 Å². The summed E-state index contributed by atoms with van der Waals surface area (Å²) >= 11 is 3.13. The molecular formula is C9H12BrFN2O2S. The minimum absolute atomic E-state index is 0.160. The molecule has 4 nitrogen and oxygen atoms in total. The molecule has 0 aromatic heterocycles. The summed E-state index contributed by atoms with van der Waals surface area (Å²) in [6.07, 6.45) is 0. The van der Waals surface area contributed by atoms with Gasteiger partial charge in [0.25, 0.3) is 10.2 Å². The van der Waals surface area contributed by atoms with Crippen LogP contribution >= 0.6 is 15.9 Å². The predicted octanol–water partition coefficient (Wildman–Crippen LogP) is 2.24. The number of anilines is 1. The molecule has 0 radical (unpaired) electrons. The topological polar surface area (TPSA) is 58.2 Å². The van der Waals surface area contributed by atoms with Crippen LogP contribution in [0.15, 0.2) is 22.7 Å². The minimum Gasteiger partial charge on any atom is -0.270 e. The van der Waals surface area contributed by atoms with Gasteiger partial charge in [-0.3, -0.25) is 4.72 Å². The first-order valence-corrected chi connectivity index (χ1v) is 6.83. The Bertz CT molecular complexity index is 476. The Labute approximate surface area is 103 Å². The SMILES string of the molecule is CC(C)NS(=O)(=O)Nc1cc(F)ccc1Br. The van der Waals surface area contributed by atoms with Crippen LogP contribution in [-0.2, 0) is 10.2 Å². The molecule has 0 saturated carbocycles. The van der Waals surface area contributed by atoms with Crippen molar-refractivity contribution < 1.29 is 12.8 Å². The fraction of sp³-hybridized carbons (Fsp3) is 0.333. The Balaban J connectivity index is 2.92. The summed E-state index contributed by atoms with van der Waals surface area (Å²) < 4.78 is 41.0. The normalized spacial score (nSPS) is 11.8. The van der Waals surface area contributed by atoms with E-state index in [4.69, 9.17) is 0 Å². The van der Waals surface area contributed by atoms with Gasteiger partial charge < -0.3 is 0 Å². The van der Waals surface area contributed by atoms with Gasteiger partial charge in [-0.25, -0.2) is 4.39 Å². The summed E-state index contributed by atoms with van der Waals surface area (Å²) in [4.78, 5) is 0. The largest absolute Gasteiger partial charge is 0.299 e. The van der Waals surface area contributed by atoms with Gasteiger partial charge in [-0.15, -0.1) is 0 Å². The van der Waals surface area contributed by atoms with E-state index in [-0.39, 0.29) is 11.7 Å². The molecule has 0 bridgehead atoms. The molecular weight excluding hydrogens is 299 g/mol. The zero-order valence-corrected chi connectivity index (χ0v) is 11.2. The number of hydrogen-bond donors (Lipinski definition) is 2. The lowest BCUT2D eigenvalue weighted by molar-refractivity contribution is 0.575. The average molecular weight is 311 g/mol. The standard InChI is InChI=1S/C9H12BrFN2O2S/c1-6(2)12-16(14,15)13-9-5-7(11)3-4-8(9)10/h3-6,12-13H,1-2H3. The quantitative estimate of drug-likeness (QED) is 0.896. The van der Waals surface area contributed by atoms with E-state index in [2.05, 4.69) is 25.4 Å². The van der Waals surface area contributed by atoms with E-state index in [1.165, 1.54) is 12.1 Å². The van der Waals surface area contributed by atoms with Gasteiger partial charge >= 0.3 is 0 Å². The third-order valence-electron chi connectivity index (χ3n) is 1.56. The van der Waals surface area contributed by atoms with Gasteiger partial charge in [-0.05, 0) is 48.0 Å². The summed E-state index contributed by atoms with van der Waals surface area (Å²) in [6.45, 7) is 3.39. The van der Waals surface area contributed by atoms with Crippen LogP contribution in [-0.4, -0.2) is 14.5 Å². The van der Waals surface area contributed by atoms with Gasteiger partial charge in [0, 0.05) is 10.5 Å². The van der Waals surface area contributed by atoms with Crippen molar-refractivity contribution in [2.24, 2.45) is 0 Å². The maximum atomic E-state index is 12.9. The summed E-state index contributed by atoms with van der Waals surface area (Å²) in [5.74, 6) is -0.509. The van der Waals surface area contributed by atoms with Crippen LogP contribution in [0.3, 0.4) is 0 Å². The van der Waals surface area contributed by atoms with Crippen LogP contribution in [0, 0.1) is 5.82 Å². The second kappa shape index (κ2) is 5.11. The van der Waals surface area contributed by atoms with Crippen molar-refractivity contribution in [1.82, 2.24) is 4.72 Å². The Morgan fingerprint density at radius 1 is 1.38 bits per heavy atom. The molecule has 2 N–H and O–H groups in total. The molecule has 0 saturated heterocycles. The van der Waals surface area contributed by atoms with Crippen molar-refractivity contribution in [3.05, 3.63) is 28.5 Å². The first-order valence-electron chi connectivity index (χ1n) is 4.55. The average Bonchev–Trinajstić information content (AvgIpc) is 2.08. The van der Waals surface area contributed by atoms with Gasteiger partial charge in [0.05, 0.1) is 5.69 Å². The third kappa shape index (κ3) is 4.07. The first-order chi connectivity index (χ1) is 7.30. The van der Waals surface area contributed by atoms with E-state index in [1.54, 1.807) is 13.8 Å². The fourth-order valence-electron chi connectivity index (χ4n) is 1.06. The van der Waals surface area contributed by atoms with E-state index in [0.29, 0.717) is 4.47 Å². The molecule has 1 aromatic rings. The first kappa shape index (κ1) is 13.4. The van der Waals surface area contributed by atoms with Gasteiger partial charge in [0.2, 0.25) is 0 Å². The van der Waals surface area contributed by atoms with E-state index < -0.39 is 16.0 Å². The van der Waals surface area contributed by atoms with E-state index in [1.807, 2.05) is 0 Å². The summed E-state index contributed by atoms with van der Waals surface area (Å²) in [6, 6.07) is 3.54. The molecule has 0 heterocycles. The molecule has 0 fully saturated rings. The molecule has 0 aliphatic carbocycles. The van der Waals surface area contributed by atoms with Crippen molar-refractivity contribution in [3.8, 4) is 0 Å². The predicted molar refractivity (Wildman–Crippen MR) is 64.9 cm³/mol. The van der Waals surface area contributed by atoms with Crippen LogP contribution in [0.1, 0.15) is 13.8 Å². The zero-order valence-electron chi connectivity index (χ0n) is 8.79. The maximum absolute atomic E-state index is 12.9. The van der Waals surface area contributed by atoms with Crippen molar-refractivity contribution >= 4 is 31.8 Å². The van der Waals surface area contributed by atoms with Gasteiger partial charge in [-0.2, -0.15) is 13.1 Å². The van der Waals surface area contributed by atoms with Gasteiger partial charge in [0.15, 0.2) is 0 Å². The number of halogens is 2. The van der Waals surface area contributed by atoms with Crippen molar-refractivity contribution in [2.75, 3.05) is 4.72 Å².